The molecule has 0 aliphatic carbocycles. The summed E-state index contributed by atoms with van der Waals surface area (Å²) < 4.78 is 2.32. The SMILES string of the molecule is c1ccc(-c2nc(-c3cccc(-c4ccc(-c5cc(-c6ccc(-c7ccccn7)cc6)cc(-c6ccc(-c7ccccn7)cc6)c5)cc4)c3)nc3c2sc2ccccc23)cc1. The molecular weight excluding hydrogens is 761 g/mol. The number of aromatic nitrogens is 4. The van der Waals surface area contributed by atoms with Gasteiger partial charge in [-0.25, -0.2) is 9.97 Å². The number of hydrogen-bond donors (Lipinski definition) is 0. The molecule has 0 aliphatic heterocycles. The standard InChI is InChI=1S/C56H36N4S/c1-2-11-43(12-3-1)53-55-54(49-15-4-5-18-52(49)61-55)60-56(59-53)45-14-10-13-44(33-45)37-19-21-38(22-20-37)46-34-47(39-23-27-41(28-24-39)50-16-6-8-31-57-50)36-48(35-46)40-25-29-42(30-26-40)51-17-7-9-32-58-51/h1-36H. The molecule has 0 atom stereocenters. The van der Waals surface area contributed by atoms with Crippen molar-refractivity contribution >= 4 is 31.6 Å². The van der Waals surface area contributed by atoms with Gasteiger partial charge < -0.3 is 0 Å². The van der Waals surface area contributed by atoms with Crippen molar-refractivity contribution in [2.45, 2.75) is 0 Å². The van der Waals surface area contributed by atoms with E-state index in [4.69, 9.17) is 9.97 Å². The van der Waals surface area contributed by atoms with E-state index in [2.05, 4.69) is 174 Å². The lowest BCUT2D eigenvalue weighted by Gasteiger charge is -2.13. The van der Waals surface area contributed by atoms with Gasteiger partial charge in [0, 0.05) is 44.7 Å². The van der Waals surface area contributed by atoms with E-state index in [1.165, 1.54) is 4.70 Å². The summed E-state index contributed by atoms with van der Waals surface area (Å²) in [7, 11) is 0. The highest BCUT2D eigenvalue weighted by Crippen LogP contribution is 2.40. The average Bonchev–Trinajstić information content (AvgIpc) is 3.73. The summed E-state index contributed by atoms with van der Waals surface area (Å²) in [6.45, 7) is 0. The van der Waals surface area contributed by atoms with Gasteiger partial charge >= 0.3 is 0 Å². The lowest BCUT2D eigenvalue weighted by atomic mass is 9.91. The molecule has 0 saturated carbocycles. The summed E-state index contributed by atoms with van der Waals surface area (Å²) in [5.74, 6) is 0.721. The predicted molar refractivity (Wildman–Crippen MR) is 254 cm³/mol. The zero-order valence-electron chi connectivity index (χ0n) is 33.0. The van der Waals surface area contributed by atoms with Crippen molar-refractivity contribution in [1.82, 2.24) is 19.9 Å². The van der Waals surface area contributed by atoms with Crippen LogP contribution in [0.4, 0.5) is 0 Å². The molecule has 0 saturated heterocycles. The van der Waals surface area contributed by atoms with Crippen LogP contribution in [0.25, 0.3) is 110 Å². The molecule has 0 spiro atoms. The fourth-order valence-electron chi connectivity index (χ4n) is 8.07. The van der Waals surface area contributed by atoms with E-state index in [-0.39, 0.29) is 0 Å². The molecule has 0 radical (unpaired) electrons. The molecule has 7 aromatic carbocycles. The van der Waals surface area contributed by atoms with E-state index >= 15 is 0 Å². The van der Waals surface area contributed by atoms with Gasteiger partial charge in [0.05, 0.1) is 27.3 Å². The van der Waals surface area contributed by atoms with Gasteiger partial charge in [0.1, 0.15) is 0 Å². The van der Waals surface area contributed by atoms with Crippen LogP contribution in [-0.4, -0.2) is 19.9 Å². The van der Waals surface area contributed by atoms with Gasteiger partial charge in [0.15, 0.2) is 5.82 Å². The molecular formula is C56H36N4S. The Labute approximate surface area is 358 Å². The summed E-state index contributed by atoms with van der Waals surface area (Å²) in [5.41, 5.74) is 17.3. The first kappa shape index (κ1) is 36.2. The normalized spacial score (nSPS) is 11.3. The van der Waals surface area contributed by atoms with Crippen LogP contribution in [0.2, 0.25) is 0 Å². The topological polar surface area (TPSA) is 51.6 Å². The van der Waals surface area contributed by atoms with Gasteiger partial charge in [-0.2, -0.15) is 0 Å². The molecule has 4 nitrogen and oxygen atoms in total. The average molecular weight is 797 g/mol. The maximum atomic E-state index is 5.23. The zero-order valence-corrected chi connectivity index (χ0v) is 33.8. The number of nitrogens with zero attached hydrogens (tertiary/aromatic N) is 4. The molecule has 5 heteroatoms. The number of thiophene rings is 1. The summed E-state index contributed by atoms with van der Waals surface area (Å²) in [4.78, 5) is 19.6. The van der Waals surface area contributed by atoms with Crippen molar-refractivity contribution in [1.29, 1.82) is 0 Å². The zero-order chi connectivity index (χ0) is 40.5. The third-order valence-electron chi connectivity index (χ3n) is 11.2. The predicted octanol–water partition coefficient (Wildman–Crippen LogP) is 15.0. The Morgan fingerprint density at radius 3 is 1.33 bits per heavy atom. The Kier molecular flexibility index (Phi) is 9.34. The second-order valence-electron chi connectivity index (χ2n) is 15.1. The highest BCUT2D eigenvalue weighted by atomic mass is 32.1. The molecule has 61 heavy (non-hydrogen) atoms. The van der Waals surface area contributed by atoms with Gasteiger partial charge in [-0.15, -0.1) is 11.3 Å². The molecule has 286 valence electrons. The molecule has 0 unspecified atom stereocenters. The lowest BCUT2D eigenvalue weighted by Crippen LogP contribution is -1.94. The minimum Gasteiger partial charge on any atom is -0.256 e. The minimum atomic E-state index is 0.721. The summed E-state index contributed by atoms with van der Waals surface area (Å²) in [6, 6.07) is 72.7. The largest absolute Gasteiger partial charge is 0.256 e. The number of benzene rings is 7. The second-order valence-corrected chi connectivity index (χ2v) is 16.1. The lowest BCUT2D eigenvalue weighted by molar-refractivity contribution is 1.24. The maximum Gasteiger partial charge on any atom is 0.160 e. The van der Waals surface area contributed by atoms with E-state index < -0.39 is 0 Å². The van der Waals surface area contributed by atoms with Gasteiger partial charge in [-0.05, 0) is 99.1 Å². The molecule has 0 bridgehead atoms. The first-order valence-corrected chi connectivity index (χ1v) is 21.2. The second kappa shape index (κ2) is 15.7. The van der Waals surface area contributed by atoms with E-state index in [0.29, 0.717) is 0 Å². The van der Waals surface area contributed by atoms with E-state index in [0.717, 1.165) is 105 Å². The molecule has 4 heterocycles. The number of fused-ring (bicyclic) bond motifs is 3. The highest BCUT2D eigenvalue weighted by Gasteiger charge is 2.17. The summed E-state index contributed by atoms with van der Waals surface area (Å²) >= 11 is 1.76. The Morgan fingerprint density at radius 1 is 0.311 bits per heavy atom. The van der Waals surface area contributed by atoms with Crippen LogP contribution < -0.4 is 0 Å². The quantitative estimate of drug-likeness (QED) is 0.154. The molecule has 0 aliphatic rings. The van der Waals surface area contributed by atoms with E-state index in [1.807, 2.05) is 54.9 Å². The third-order valence-corrected chi connectivity index (χ3v) is 12.4. The first-order chi connectivity index (χ1) is 30.2. The van der Waals surface area contributed by atoms with Crippen LogP contribution in [0.5, 0.6) is 0 Å². The Balaban J connectivity index is 0.956. The van der Waals surface area contributed by atoms with Crippen LogP contribution in [0.1, 0.15) is 0 Å². The van der Waals surface area contributed by atoms with Crippen LogP contribution in [-0.2, 0) is 0 Å². The third kappa shape index (κ3) is 7.18. The van der Waals surface area contributed by atoms with E-state index in [1.54, 1.807) is 11.3 Å². The number of pyridine rings is 2. The Bertz CT molecular complexity index is 3210. The van der Waals surface area contributed by atoms with Crippen molar-refractivity contribution < 1.29 is 0 Å². The smallest absolute Gasteiger partial charge is 0.160 e. The van der Waals surface area contributed by atoms with Gasteiger partial charge in [0.2, 0.25) is 0 Å². The van der Waals surface area contributed by atoms with Crippen molar-refractivity contribution in [3.63, 3.8) is 0 Å². The molecule has 4 aromatic heterocycles. The maximum absolute atomic E-state index is 5.23. The highest BCUT2D eigenvalue weighted by molar-refractivity contribution is 7.26. The Hall–Kier alpha value is -7.86. The monoisotopic (exact) mass is 796 g/mol. The summed E-state index contributed by atoms with van der Waals surface area (Å²) in [6.07, 6.45) is 3.67. The van der Waals surface area contributed by atoms with Crippen molar-refractivity contribution in [2.24, 2.45) is 0 Å². The van der Waals surface area contributed by atoms with Crippen molar-refractivity contribution in [2.75, 3.05) is 0 Å². The first-order valence-electron chi connectivity index (χ1n) is 20.3. The fourth-order valence-corrected chi connectivity index (χ4v) is 9.22. The molecule has 11 aromatic rings. The fraction of sp³-hybridized carbons (Fsp3) is 0. The van der Waals surface area contributed by atoms with Gasteiger partial charge in [-0.3, -0.25) is 9.97 Å². The van der Waals surface area contributed by atoms with E-state index in [9.17, 15) is 0 Å². The van der Waals surface area contributed by atoms with Crippen LogP contribution in [0.15, 0.2) is 219 Å². The molecule has 0 amide bonds. The van der Waals surface area contributed by atoms with Crippen LogP contribution in [0.3, 0.4) is 0 Å². The van der Waals surface area contributed by atoms with Gasteiger partial charge in [-0.1, -0.05) is 152 Å². The molecule has 11 rings (SSSR count). The Morgan fingerprint density at radius 2 is 0.770 bits per heavy atom. The van der Waals surface area contributed by atoms with Crippen LogP contribution >= 0.6 is 11.3 Å². The van der Waals surface area contributed by atoms with Crippen LogP contribution in [0, 0.1) is 0 Å². The van der Waals surface area contributed by atoms with Crippen molar-refractivity contribution in [3.05, 3.63) is 219 Å². The molecule has 0 fully saturated rings. The van der Waals surface area contributed by atoms with Crippen molar-refractivity contribution in [3.8, 4) is 89.7 Å². The van der Waals surface area contributed by atoms with Gasteiger partial charge in [0.25, 0.3) is 0 Å². The number of rotatable bonds is 8. The minimum absolute atomic E-state index is 0.721. The molecule has 0 N–H and O–H groups in total. The number of hydrogen-bond acceptors (Lipinski definition) is 5. The summed E-state index contributed by atoms with van der Waals surface area (Å²) in [5, 5.41) is 1.16.